The van der Waals surface area contributed by atoms with Crippen molar-refractivity contribution in [2.75, 3.05) is 13.1 Å². The van der Waals surface area contributed by atoms with E-state index in [9.17, 15) is 4.79 Å². The molecular weight excluding hydrogens is 273 g/mol. The Hall–Kier alpha value is -0.0300. The van der Waals surface area contributed by atoms with Crippen molar-refractivity contribution in [3.8, 4) is 0 Å². The highest BCUT2D eigenvalue weighted by Gasteiger charge is 2.37. The maximum Gasteiger partial charge on any atom is 0.239 e. The number of carbonyl (C=O) groups is 1. The van der Waals surface area contributed by atoms with E-state index in [0.29, 0.717) is 12.1 Å². The summed E-state index contributed by atoms with van der Waals surface area (Å²) in [4.78, 5) is 14.4. The lowest BCUT2D eigenvalue weighted by atomic mass is 9.97. The van der Waals surface area contributed by atoms with Crippen LogP contribution in [0.5, 0.6) is 0 Å². The molecule has 0 aromatic carbocycles. The van der Waals surface area contributed by atoms with Crippen LogP contribution in [0.4, 0.5) is 0 Å². The summed E-state index contributed by atoms with van der Waals surface area (Å²) in [5.41, 5.74) is 5.04. The molecule has 0 aromatic rings. The van der Waals surface area contributed by atoms with Gasteiger partial charge in [-0.1, -0.05) is 6.42 Å². The van der Waals surface area contributed by atoms with E-state index in [1.165, 1.54) is 25.8 Å². The highest BCUT2D eigenvalue weighted by molar-refractivity contribution is 5.86. The molecule has 2 unspecified atom stereocenters. The van der Waals surface area contributed by atoms with Crippen LogP contribution >= 0.6 is 24.8 Å². The lowest BCUT2D eigenvalue weighted by Gasteiger charge is -2.33. The molecule has 0 spiro atoms. The minimum absolute atomic E-state index is 0. The van der Waals surface area contributed by atoms with Gasteiger partial charge in [0.2, 0.25) is 5.91 Å². The van der Waals surface area contributed by atoms with Crippen LogP contribution in [0.15, 0.2) is 0 Å². The predicted octanol–water partition coefficient (Wildman–Crippen LogP) is 1.31. The fourth-order valence-electron chi connectivity index (χ4n) is 2.77. The lowest BCUT2D eigenvalue weighted by molar-refractivity contribution is -0.126. The van der Waals surface area contributed by atoms with Gasteiger partial charge in [0.1, 0.15) is 0 Å². The second-order valence-corrected chi connectivity index (χ2v) is 5.69. The van der Waals surface area contributed by atoms with E-state index >= 15 is 0 Å². The Morgan fingerprint density at radius 1 is 1.22 bits per heavy atom. The van der Waals surface area contributed by atoms with Crippen molar-refractivity contribution in [2.24, 2.45) is 5.73 Å². The molecule has 2 saturated heterocycles. The first-order valence-corrected chi connectivity index (χ1v) is 6.32. The highest BCUT2D eigenvalue weighted by Crippen LogP contribution is 2.27. The third-order valence-electron chi connectivity index (χ3n) is 3.76. The summed E-state index contributed by atoms with van der Waals surface area (Å²) in [7, 11) is 0. The van der Waals surface area contributed by atoms with E-state index in [1.54, 1.807) is 13.8 Å². The van der Waals surface area contributed by atoms with Crippen LogP contribution in [-0.2, 0) is 4.79 Å². The quantitative estimate of drug-likeness (QED) is 0.808. The number of amides is 1. The monoisotopic (exact) mass is 297 g/mol. The lowest BCUT2D eigenvalue weighted by Crippen LogP contribution is -2.55. The number of halogens is 2. The van der Waals surface area contributed by atoms with Crippen LogP contribution in [0.2, 0.25) is 0 Å². The van der Waals surface area contributed by atoms with Gasteiger partial charge in [-0.05, 0) is 39.7 Å². The molecule has 0 aromatic heterocycles. The van der Waals surface area contributed by atoms with E-state index in [2.05, 4.69) is 10.2 Å². The Bertz CT molecular complexity index is 281. The maximum atomic E-state index is 11.8. The van der Waals surface area contributed by atoms with Crippen molar-refractivity contribution in [2.45, 2.75) is 57.2 Å². The molecule has 2 rings (SSSR count). The van der Waals surface area contributed by atoms with E-state index in [0.717, 1.165) is 13.0 Å². The Morgan fingerprint density at radius 3 is 2.50 bits per heavy atom. The molecule has 0 saturated carbocycles. The van der Waals surface area contributed by atoms with Gasteiger partial charge in [0, 0.05) is 18.6 Å². The number of carbonyl (C=O) groups excluding carboxylic acids is 1. The number of nitrogens with two attached hydrogens (primary N) is 1. The van der Waals surface area contributed by atoms with Crippen LogP contribution in [0, 0.1) is 0 Å². The zero-order valence-corrected chi connectivity index (χ0v) is 12.8. The van der Waals surface area contributed by atoms with Gasteiger partial charge in [0.25, 0.3) is 0 Å². The molecule has 0 bridgehead atoms. The second kappa shape index (κ2) is 6.94. The number of fused-ring (bicyclic) bond motifs is 1. The van der Waals surface area contributed by atoms with Gasteiger partial charge in [-0.25, -0.2) is 0 Å². The molecule has 108 valence electrons. The molecule has 0 radical (unpaired) electrons. The van der Waals surface area contributed by atoms with Crippen molar-refractivity contribution >= 4 is 30.7 Å². The number of hydrogen-bond donors (Lipinski definition) is 2. The van der Waals surface area contributed by atoms with Gasteiger partial charge in [-0.15, -0.1) is 24.8 Å². The van der Waals surface area contributed by atoms with Gasteiger partial charge in [-0.3, -0.25) is 9.69 Å². The maximum absolute atomic E-state index is 11.8. The molecule has 0 aliphatic carbocycles. The SMILES string of the molecule is CC(C)(N)C(=O)NC1CCN2CCCCC12.Cl.Cl. The molecule has 2 heterocycles. The van der Waals surface area contributed by atoms with Crippen molar-refractivity contribution in [3.63, 3.8) is 0 Å². The van der Waals surface area contributed by atoms with Crippen molar-refractivity contribution in [3.05, 3.63) is 0 Å². The Balaban J connectivity index is 0.00000144. The first-order valence-electron chi connectivity index (χ1n) is 6.32. The van der Waals surface area contributed by atoms with Crippen LogP contribution in [0.3, 0.4) is 0 Å². The third-order valence-corrected chi connectivity index (χ3v) is 3.76. The molecule has 4 nitrogen and oxygen atoms in total. The van der Waals surface area contributed by atoms with Gasteiger partial charge in [-0.2, -0.15) is 0 Å². The molecule has 2 aliphatic rings. The van der Waals surface area contributed by atoms with Gasteiger partial charge in [0.15, 0.2) is 0 Å². The Labute approximate surface area is 122 Å². The standard InChI is InChI=1S/C12H23N3O.2ClH/c1-12(2,13)11(16)14-9-6-8-15-7-4-3-5-10(9)15;;/h9-10H,3-8,13H2,1-2H3,(H,14,16);2*1H. The van der Waals surface area contributed by atoms with Gasteiger partial charge in [0.05, 0.1) is 5.54 Å². The zero-order chi connectivity index (χ0) is 11.8. The number of rotatable bonds is 2. The van der Waals surface area contributed by atoms with Crippen molar-refractivity contribution < 1.29 is 4.79 Å². The van der Waals surface area contributed by atoms with Gasteiger partial charge < -0.3 is 11.1 Å². The largest absolute Gasteiger partial charge is 0.350 e. The van der Waals surface area contributed by atoms with Gasteiger partial charge >= 0.3 is 0 Å². The smallest absolute Gasteiger partial charge is 0.239 e. The summed E-state index contributed by atoms with van der Waals surface area (Å²) < 4.78 is 0. The fraction of sp³-hybridized carbons (Fsp3) is 0.917. The van der Waals surface area contributed by atoms with E-state index in [1.807, 2.05) is 0 Å². The van der Waals surface area contributed by atoms with Crippen LogP contribution in [0.25, 0.3) is 0 Å². The van der Waals surface area contributed by atoms with Crippen LogP contribution < -0.4 is 11.1 Å². The first-order chi connectivity index (χ1) is 7.48. The first kappa shape index (κ1) is 18.0. The summed E-state index contributed by atoms with van der Waals surface area (Å²) in [6, 6.07) is 0.871. The average Bonchev–Trinajstić information content (AvgIpc) is 2.61. The average molecular weight is 298 g/mol. The van der Waals surface area contributed by atoms with E-state index < -0.39 is 5.54 Å². The number of piperidine rings is 1. The Morgan fingerprint density at radius 2 is 1.89 bits per heavy atom. The van der Waals surface area contributed by atoms with Crippen LogP contribution in [-0.4, -0.2) is 41.5 Å². The molecule has 1 amide bonds. The summed E-state index contributed by atoms with van der Waals surface area (Å²) in [5, 5.41) is 3.11. The minimum Gasteiger partial charge on any atom is -0.350 e. The molecule has 2 aliphatic heterocycles. The molecule has 2 atom stereocenters. The minimum atomic E-state index is -0.762. The molecule has 18 heavy (non-hydrogen) atoms. The predicted molar refractivity (Wildman–Crippen MR) is 78.5 cm³/mol. The summed E-state index contributed by atoms with van der Waals surface area (Å²) in [6.45, 7) is 5.84. The molecule has 2 fully saturated rings. The van der Waals surface area contributed by atoms with E-state index in [-0.39, 0.29) is 30.7 Å². The highest BCUT2D eigenvalue weighted by atomic mass is 35.5. The molecule has 6 heteroatoms. The topological polar surface area (TPSA) is 58.4 Å². The van der Waals surface area contributed by atoms with Crippen LogP contribution in [0.1, 0.15) is 39.5 Å². The summed E-state index contributed by atoms with van der Waals surface area (Å²) in [6.07, 6.45) is 4.89. The number of nitrogens with one attached hydrogen (secondary N) is 1. The third kappa shape index (κ3) is 3.98. The Kier molecular flexibility index (Phi) is 6.93. The number of hydrogen-bond acceptors (Lipinski definition) is 3. The fourth-order valence-corrected chi connectivity index (χ4v) is 2.77. The second-order valence-electron chi connectivity index (χ2n) is 5.69. The summed E-state index contributed by atoms with van der Waals surface area (Å²) >= 11 is 0. The number of nitrogens with zero attached hydrogens (tertiary/aromatic N) is 1. The molecular formula is C12H25Cl2N3O. The van der Waals surface area contributed by atoms with Crippen molar-refractivity contribution in [1.82, 2.24) is 10.2 Å². The summed E-state index contributed by atoms with van der Waals surface area (Å²) in [5.74, 6) is -0.0232. The zero-order valence-electron chi connectivity index (χ0n) is 11.1. The van der Waals surface area contributed by atoms with E-state index in [4.69, 9.17) is 5.73 Å². The van der Waals surface area contributed by atoms with Crippen molar-refractivity contribution in [1.29, 1.82) is 0 Å². The normalized spacial score (nSPS) is 27.7. The molecule has 3 N–H and O–H groups in total.